The van der Waals surface area contributed by atoms with Gasteiger partial charge in [-0.25, -0.2) is 24.1 Å². The van der Waals surface area contributed by atoms with E-state index in [2.05, 4.69) is 20.3 Å². The number of likely N-dealkylation sites (tertiary alicyclic amines) is 1. The van der Waals surface area contributed by atoms with Gasteiger partial charge in [0.15, 0.2) is 11.6 Å². The predicted octanol–water partition coefficient (Wildman–Crippen LogP) is 4.12. The van der Waals surface area contributed by atoms with E-state index < -0.39 is 41.9 Å². The number of piperidine rings is 1. The highest BCUT2D eigenvalue weighted by molar-refractivity contribution is 5.73. The van der Waals surface area contributed by atoms with Crippen LogP contribution in [-0.4, -0.2) is 63.2 Å². The number of alkyl halides is 3. The molecular formula is C28H29F4N5O5. The molecule has 1 saturated heterocycles. The van der Waals surface area contributed by atoms with Gasteiger partial charge in [0.05, 0.1) is 12.2 Å². The molecule has 0 radical (unpaired) electrons. The van der Waals surface area contributed by atoms with Crippen LogP contribution in [0, 0.1) is 12.7 Å². The van der Waals surface area contributed by atoms with Crippen LogP contribution in [0.15, 0.2) is 48.7 Å². The second kappa shape index (κ2) is 12.7. The SMILES string of the molecule is CC(=O)NCC(O)(COc1cccc(C(F)(F)F)n1)c1cnc(C)nc1C1CCN(C(=O)Oc2ccccc2F)CC1. The maximum absolute atomic E-state index is 13.9. The molecular weight excluding hydrogens is 562 g/mol. The molecule has 14 heteroatoms. The lowest BCUT2D eigenvalue weighted by molar-refractivity contribution is -0.141. The smallest absolute Gasteiger partial charge is 0.433 e. The summed E-state index contributed by atoms with van der Waals surface area (Å²) in [5, 5.41) is 14.3. The Morgan fingerprint density at radius 1 is 1.10 bits per heavy atom. The molecule has 2 amide bonds. The van der Waals surface area contributed by atoms with E-state index in [4.69, 9.17) is 9.47 Å². The molecule has 224 valence electrons. The van der Waals surface area contributed by atoms with Gasteiger partial charge in [0, 0.05) is 43.8 Å². The molecule has 1 aliphatic heterocycles. The lowest BCUT2D eigenvalue weighted by atomic mass is 9.85. The third-order valence-corrected chi connectivity index (χ3v) is 6.72. The summed E-state index contributed by atoms with van der Waals surface area (Å²) in [6.45, 7) is 2.47. The zero-order chi connectivity index (χ0) is 30.5. The second-order valence-electron chi connectivity index (χ2n) is 9.86. The van der Waals surface area contributed by atoms with Crippen molar-refractivity contribution in [3.8, 4) is 11.6 Å². The minimum atomic E-state index is -4.69. The van der Waals surface area contributed by atoms with Gasteiger partial charge in [-0.1, -0.05) is 18.2 Å². The van der Waals surface area contributed by atoms with Crippen molar-refractivity contribution in [3.05, 3.63) is 77.3 Å². The number of aliphatic hydroxyl groups is 1. The van der Waals surface area contributed by atoms with Crippen molar-refractivity contribution in [1.29, 1.82) is 0 Å². The largest absolute Gasteiger partial charge is 0.474 e. The fourth-order valence-electron chi connectivity index (χ4n) is 4.52. The first-order valence-corrected chi connectivity index (χ1v) is 13.0. The lowest BCUT2D eigenvalue weighted by Gasteiger charge is -2.35. The number of amides is 2. The molecule has 2 N–H and O–H groups in total. The van der Waals surface area contributed by atoms with Crippen LogP contribution in [0.4, 0.5) is 22.4 Å². The van der Waals surface area contributed by atoms with Crippen LogP contribution in [0.2, 0.25) is 0 Å². The average Bonchev–Trinajstić information content (AvgIpc) is 2.96. The van der Waals surface area contributed by atoms with Crippen molar-refractivity contribution >= 4 is 12.0 Å². The number of ether oxygens (including phenoxy) is 2. The van der Waals surface area contributed by atoms with E-state index in [1.54, 1.807) is 13.0 Å². The Morgan fingerprint density at radius 3 is 2.48 bits per heavy atom. The summed E-state index contributed by atoms with van der Waals surface area (Å²) >= 11 is 0. The predicted molar refractivity (Wildman–Crippen MR) is 140 cm³/mol. The summed E-state index contributed by atoms with van der Waals surface area (Å²) in [6.07, 6.45) is -3.20. The zero-order valence-corrected chi connectivity index (χ0v) is 22.8. The molecule has 0 spiro atoms. The van der Waals surface area contributed by atoms with E-state index >= 15 is 0 Å². The van der Waals surface area contributed by atoms with E-state index in [-0.39, 0.29) is 42.7 Å². The molecule has 42 heavy (non-hydrogen) atoms. The van der Waals surface area contributed by atoms with E-state index in [0.717, 1.165) is 12.1 Å². The first-order chi connectivity index (χ1) is 19.9. The highest BCUT2D eigenvalue weighted by Crippen LogP contribution is 2.35. The third-order valence-electron chi connectivity index (χ3n) is 6.72. The Morgan fingerprint density at radius 2 is 1.81 bits per heavy atom. The van der Waals surface area contributed by atoms with Gasteiger partial charge in [-0.3, -0.25) is 4.79 Å². The van der Waals surface area contributed by atoms with Gasteiger partial charge < -0.3 is 24.8 Å². The van der Waals surface area contributed by atoms with E-state index in [0.29, 0.717) is 24.4 Å². The van der Waals surface area contributed by atoms with Crippen molar-refractivity contribution in [2.24, 2.45) is 0 Å². The Kier molecular flexibility index (Phi) is 9.24. The molecule has 1 unspecified atom stereocenters. The quantitative estimate of drug-likeness (QED) is 0.375. The summed E-state index contributed by atoms with van der Waals surface area (Å²) in [5.41, 5.74) is -2.46. The Balaban J connectivity index is 1.54. The summed E-state index contributed by atoms with van der Waals surface area (Å²) in [6, 6.07) is 8.70. The number of nitrogens with one attached hydrogen (secondary N) is 1. The lowest BCUT2D eigenvalue weighted by Crippen LogP contribution is -2.46. The maximum Gasteiger partial charge on any atom is 0.433 e. The van der Waals surface area contributed by atoms with Crippen molar-refractivity contribution in [2.75, 3.05) is 26.2 Å². The molecule has 3 aromatic rings. The molecule has 1 atom stereocenters. The first-order valence-electron chi connectivity index (χ1n) is 13.0. The molecule has 0 saturated carbocycles. The monoisotopic (exact) mass is 591 g/mol. The van der Waals surface area contributed by atoms with Gasteiger partial charge in [0.2, 0.25) is 11.8 Å². The number of para-hydroxylation sites is 1. The number of hydrogen-bond acceptors (Lipinski definition) is 8. The molecule has 1 fully saturated rings. The summed E-state index contributed by atoms with van der Waals surface area (Å²) in [7, 11) is 0. The van der Waals surface area contributed by atoms with Gasteiger partial charge in [-0.05, 0) is 38.0 Å². The number of carbonyl (C=O) groups excluding carboxylic acids is 2. The number of aromatic nitrogens is 3. The standard InChI is InChI=1S/C28H29F4N5O5/c1-17-33-14-20(27(40,15-34-18(2)38)16-41-24-9-5-8-23(36-24)28(30,31)32)25(35-17)19-10-12-37(13-11-19)26(39)42-22-7-4-3-6-21(22)29/h3-9,14,19,40H,10-13,15-16H2,1-2H3,(H,34,38). The van der Waals surface area contributed by atoms with Crippen molar-refractivity contribution in [2.45, 2.75) is 44.4 Å². The average molecular weight is 592 g/mol. The molecule has 4 rings (SSSR count). The highest BCUT2D eigenvalue weighted by atomic mass is 19.4. The Bertz CT molecular complexity index is 1430. The number of benzene rings is 1. The first kappa shape index (κ1) is 30.6. The summed E-state index contributed by atoms with van der Waals surface area (Å²) in [4.78, 5) is 38.0. The molecule has 0 aliphatic carbocycles. The van der Waals surface area contributed by atoms with Crippen molar-refractivity contribution < 1.29 is 41.7 Å². The summed E-state index contributed by atoms with van der Waals surface area (Å²) < 4.78 is 64.0. The minimum absolute atomic E-state index is 0.184. The topological polar surface area (TPSA) is 127 Å². The molecule has 3 heterocycles. The molecule has 2 aromatic heterocycles. The number of rotatable bonds is 8. The van der Waals surface area contributed by atoms with Gasteiger partial charge in [-0.2, -0.15) is 13.2 Å². The Labute approximate surface area is 238 Å². The molecule has 0 bridgehead atoms. The molecule has 1 aromatic carbocycles. The van der Waals surface area contributed by atoms with Crippen LogP contribution < -0.4 is 14.8 Å². The van der Waals surface area contributed by atoms with Crippen LogP contribution in [0.1, 0.15) is 48.5 Å². The normalized spacial score (nSPS) is 15.5. The fourth-order valence-corrected chi connectivity index (χ4v) is 4.52. The third kappa shape index (κ3) is 7.49. The number of hydrogen-bond donors (Lipinski definition) is 2. The van der Waals surface area contributed by atoms with Gasteiger partial charge in [-0.15, -0.1) is 0 Å². The van der Waals surface area contributed by atoms with Gasteiger partial charge in [0.25, 0.3) is 0 Å². The number of aryl methyl sites for hydroxylation is 1. The molecule has 10 nitrogen and oxygen atoms in total. The number of pyridine rings is 1. The van der Waals surface area contributed by atoms with Crippen molar-refractivity contribution in [1.82, 2.24) is 25.2 Å². The van der Waals surface area contributed by atoms with Crippen LogP contribution in [0.25, 0.3) is 0 Å². The maximum atomic E-state index is 13.9. The van der Waals surface area contributed by atoms with Gasteiger partial charge >= 0.3 is 12.3 Å². The fraction of sp³-hybridized carbons (Fsp3) is 0.393. The van der Waals surface area contributed by atoms with Gasteiger partial charge in [0.1, 0.15) is 23.7 Å². The van der Waals surface area contributed by atoms with Crippen LogP contribution in [0.3, 0.4) is 0 Å². The second-order valence-corrected chi connectivity index (χ2v) is 9.86. The molecule has 1 aliphatic rings. The minimum Gasteiger partial charge on any atom is -0.474 e. The summed E-state index contributed by atoms with van der Waals surface area (Å²) in [5.74, 6) is -1.55. The number of nitrogens with zero attached hydrogens (tertiary/aromatic N) is 4. The van der Waals surface area contributed by atoms with E-state index in [1.165, 1.54) is 42.3 Å². The zero-order valence-electron chi connectivity index (χ0n) is 22.8. The van der Waals surface area contributed by atoms with Crippen molar-refractivity contribution in [3.63, 3.8) is 0 Å². The number of halogens is 4. The highest BCUT2D eigenvalue weighted by Gasteiger charge is 2.38. The van der Waals surface area contributed by atoms with Crippen LogP contribution in [-0.2, 0) is 16.6 Å². The van der Waals surface area contributed by atoms with E-state index in [1.807, 2.05) is 0 Å². The Hall–Kier alpha value is -4.33. The number of carbonyl (C=O) groups is 2. The van der Waals surface area contributed by atoms with Crippen LogP contribution in [0.5, 0.6) is 11.6 Å². The van der Waals surface area contributed by atoms with E-state index in [9.17, 15) is 32.3 Å². The van der Waals surface area contributed by atoms with Crippen LogP contribution >= 0.6 is 0 Å².